The molecule has 2 rings (SSSR count). The number of hydrogen-bond donors (Lipinski definition) is 2. The molecule has 0 bridgehead atoms. The first-order chi connectivity index (χ1) is 9.51. The Morgan fingerprint density at radius 1 is 1.15 bits per heavy atom. The van der Waals surface area contributed by atoms with Gasteiger partial charge in [-0.05, 0) is 49.9 Å². The third-order valence-electron chi connectivity index (χ3n) is 4.15. The lowest BCUT2D eigenvalue weighted by Gasteiger charge is -2.41. The van der Waals surface area contributed by atoms with Crippen molar-refractivity contribution in [2.75, 3.05) is 6.54 Å². The number of sulfonamides is 1. The SMILES string of the molecule is CCNCc1ccc(S(=O)(=O)NC2(CC)CCC2)cc1. The third-order valence-corrected chi connectivity index (χ3v) is 5.75. The molecule has 1 fully saturated rings. The molecule has 0 atom stereocenters. The molecular weight excluding hydrogens is 272 g/mol. The van der Waals surface area contributed by atoms with E-state index in [0.717, 1.165) is 44.3 Å². The van der Waals surface area contributed by atoms with Crippen LogP contribution in [0.5, 0.6) is 0 Å². The fourth-order valence-corrected chi connectivity index (χ4v) is 4.06. The molecule has 4 nitrogen and oxygen atoms in total. The Balaban J connectivity index is 2.09. The van der Waals surface area contributed by atoms with E-state index in [9.17, 15) is 8.42 Å². The van der Waals surface area contributed by atoms with Crippen LogP contribution >= 0.6 is 0 Å². The van der Waals surface area contributed by atoms with Crippen LogP contribution in [0.15, 0.2) is 29.2 Å². The van der Waals surface area contributed by atoms with Crippen molar-refractivity contribution in [1.29, 1.82) is 0 Å². The number of benzene rings is 1. The van der Waals surface area contributed by atoms with Crippen molar-refractivity contribution >= 4 is 10.0 Å². The van der Waals surface area contributed by atoms with Crippen LogP contribution in [0.3, 0.4) is 0 Å². The van der Waals surface area contributed by atoms with Crippen LogP contribution in [0.25, 0.3) is 0 Å². The van der Waals surface area contributed by atoms with Crippen LogP contribution in [0.2, 0.25) is 0 Å². The molecule has 1 aromatic carbocycles. The van der Waals surface area contributed by atoms with Gasteiger partial charge in [-0.2, -0.15) is 0 Å². The fourth-order valence-electron chi connectivity index (χ4n) is 2.53. The first-order valence-electron chi connectivity index (χ1n) is 7.35. The van der Waals surface area contributed by atoms with Crippen molar-refractivity contribution < 1.29 is 8.42 Å². The molecule has 1 aliphatic carbocycles. The highest BCUT2D eigenvalue weighted by atomic mass is 32.2. The lowest BCUT2D eigenvalue weighted by molar-refractivity contribution is 0.214. The summed E-state index contributed by atoms with van der Waals surface area (Å²) in [5.41, 5.74) is 0.890. The minimum atomic E-state index is -3.40. The molecule has 0 aliphatic heterocycles. The predicted octanol–water partition coefficient (Wildman–Crippen LogP) is 2.41. The Morgan fingerprint density at radius 3 is 2.25 bits per heavy atom. The molecule has 20 heavy (non-hydrogen) atoms. The summed E-state index contributed by atoms with van der Waals surface area (Å²) in [7, 11) is -3.40. The maximum atomic E-state index is 12.4. The molecule has 0 saturated heterocycles. The lowest BCUT2D eigenvalue weighted by Crippen LogP contribution is -2.52. The van der Waals surface area contributed by atoms with Crippen molar-refractivity contribution in [2.45, 2.75) is 56.5 Å². The average Bonchev–Trinajstić information content (AvgIpc) is 2.41. The minimum absolute atomic E-state index is 0.207. The third kappa shape index (κ3) is 3.40. The monoisotopic (exact) mass is 296 g/mol. The highest BCUT2D eigenvalue weighted by molar-refractivity contribution is 7.89. The van der Waals surface area contributed by atoms with Crippen molar-refractivity contribution in [3.8, 4) is 0 Å². The van der Waals surface area contributed by atoms with Crippen molar-refractivity contribution in [1.82, 2.24) is 10.0 Å². The van der Waals surface area contributed by atoms with Gasteiger partial charge in [-0.1, -0.05) is 26.0 Å². The van der Waals surface area contributed by atoms with Crippen molar-refractivity contribution in [2.24, 2.45) is 0 Å². The Morgan fingerprint density at radius 2 is 1.80 bits per heavy atom. The molecule has 0 radical (unpaired) electrons. The predicted molar refractivity (Wildman–Crippen MR) is 81.0 cm³/mol. The molecule has 0 heterocycles. The summed E-state index contributed by atoms with van der Waals surface area (Å²) < 4.78 is 27.7. The summed E-state index contributed by atoms with van der Waals surface area (Å²) in [6.45, 7) is 5.76. The molecule has 0 aromatic heterocycles. The first kappa shape index (κ1) is 15.5. The fraction of sp³-hybridized carbons (Fsp3) is 0.600. The molecule has 112 valence electrons. The maximum Gasteiger partial charge on any atom is 0.241 e. The summed E-state index contributed by atoms with van der Waals surface area (Å²) in [5, 5.41) is 3.22. The van der Waals surface area contributed by atoms with Gasteiger partial charge >= 0.3 is 0 Å². The van der Waals surface area contributed by atoms with Gasteiger partial charge in [0.15, 0.2) is 0 Å². The molecule has 1 aromatic rings. The zero-order chi connectivity index (χ0) is 14.6. The second-order valence-electron chi connectivity index (χ2n) is 5.52. The topological polar surface area (TPSA) is 58.2 Å². The van der Waals surface area contributed by atoms with Crippen LogP contribution in [0.4, 0.5) is 0 Å². The van der Waals surface area contributed by atoms with Gasteiger partial charge in [-0.15, -0.1) is 0 Å². The second-order valence-corrected chi connectivity index (χ2v) is 7.20. The van der Waals surface area contributed by atoms with Gasteiger partial charge in [0.1, 0.15) is 0 Å². The standard InChI is InChI=1S/C15H24N2O2S/c1-3-15(10-5-11-15)17-20(18,19)14-8-6-13(7-9-14)12-16-4-2/h6-9,16-17H,3-5,10-12H2,1-2H3. The van der Waals surface area contributed by atoms with E-state index in [-0.39, 0.29) is 5.54 Å². The Kier molecular flexibility index (Phi) is 4.83. The van der Waals surface area contributed by atoms with Gasteiger partial charge in [-0.25, -0.2) is 13.1 Å². The van der Waals surface area contributed by atoms with E-state index in [1.807, 2.05) is 26.0 Å². The summed E-state index contributed by atoms with van der Waals surface area (Å²) in [5.74, 6) is 0. The van der Waals surface area contributed by atoms with Gasteiger partial charge in [0, 0.05) is 12.1 Å². The molecule has 0 spiro atoms. The van der Waals surface area contributed by atoms with Crippen molar-refractivity contribution in [3.63, 3.8) is 0 Å². The normalized spacial score (nSPS) is 17.7. The van der Waals surface area contributed by atoms with E-state index >= 15 is 0 Å². The Labute approximate surface area is 122 Å². The quantitative estimate of drug-likeness (QED) is 0.812. The molecule has 0 unspecified atom stereocenters. The van der Waals surface area contributed by atoms with Gasteiger partial charge in [-0.3, -0.25) is 0 Å². The number of rotatable bonds is 7. The van der Waals surface area contributed by atoms with Crippen LogP contribution in [0, 0.1) is 0 Å². The summed E-state index contributed by atoms with van der Waals surface area (Å²) >= 11 is 0. The largest absolute Gasteiger partial charge is 0.313 e. The highest BCUT2D eigenvalue weighted by Gasteiger charge is 2.38. The maximum absolute atomic E-state index is 12.4. The van der Waals surface area contributed by atoms with Crippen LogP contribution in [-0.2, 0) is 16.6 Å². The lowest BCUT2D eigenvalue weighted by atomic mass is 9.76. The van der Waals surface area contributed by atoms with Gasteiger partial charge in [0.25, 0.3) is 0 Å². The number of hydrogen-bond acceptors (Lipinski definition) is 3. The van der Waals surface area contributed by atoms with E-state index in [1.54, 1.807) is 12.1 Å². The Hall–Kier alpha value is -0.910. The van der Waals surface area contributed by atoms with E-state index in [0.29, 0.717) is 4.90 Å². The van der Waals surface area contributed by atoms with Gasteiger partial charge in [0.2, 0.25) is 10.0 Å². The summed E-state index contributed by atoms with van der Waals surface area (Å²) in [6.07, 6.45) is 3.85. The average molecular weight is 296 g/mol. The van der Waals surface area contributed by atoms with Crippen LogP contribution < -0.4 is 10.0 Å². The smallest absolute Gasteiger partial charge is 0.241 e. The Bertz CT molecular complexity index is 528. The molecule has 1 aliphatic rings. The van der Waals surface area contributed by atoms with Crippen LogP contribution in [-0.4, -0.2) is 20.5 Å². The zero-order valence-electron chi connectivity index (χ0n) is 12.3. The first-order valence-corrected chi connectivity index (χ1v) is 8.83. The van der Waals surface area contributed by atoms with Gasteiger partial charge in [0.05, 0.1) is 4.90 Å². The molecule has 0 amide bonds. The minimum Gasteiger partial charge on any atom is -0.313 e. The van der Waals surface area contributed by atoms with Gasteiger partial charge < -0.3 is 5.32 Å². The zero-order valence-corrected chi connectivity index (χ0v) is 13.1. The summed E-state index contributed by atoms with van der Waals surface area (Å²) in [6, 6.07) is 7.13. The molecular formula is C15H24N2O2S. The molecule has 1 saturated carbocycles. The van der Waals surface area contributed by atoms with E-state index in [1.165, 1.54) is 0 Å². The summed E-state index contributed by atoms with van der Waals surface area (Å²) in [4.78, 5) is 0.359. The van der Waals surface area contributed by atoms with Crippen LogP contribution in [0.1, 0.15) is 45.1 Å². The van der Waals surface area contributed by atoms with E-state index in [2.05, 4.69) is 10.0 Å². The van der Waals surface area contributed by atoms with E-state index in [4.69, 9.17) is 0 Å². The van der Waals surface area contributed by atoms with Crippen molar-refractivity contribution in [3.05, 3.63) is 29.8 Å². The highest BCUT2D eigenvalue weighted by Crippen LogP contribution is 2.36. The van der Waals surface area contributed by atoms with E-state index < -0.39 is 10.0 Å². The second kappa shape index (κ2) is 6.24. The molecule has 5 heteroatoms. The number of nitrogens with one attached hydrogen (secondary N) is 2. The molecule has 2 N–H and O–H groups in total.